The molecule has 0 spiro atoms. The van der Waals surface area contributed by atoms with E-state index in [-0.39, 0.29) is 11.7 Å². The van der Waals surface area contributed by atoms with Gasteiger partial charge in [0.2, 0.25) is 0 Å². The molecule has 2 aromatic carbocycles. The van der Waals surface area contributed by atoms with Crippen molar-refractivity contribution in [2.75, 3.05) is 27.3 Å². The third kappa shape index (κ3) is 3.87. The molecule has 0 atom stereocenters. The number of aromatic nitrogens is 2. The van der Waals surface area contributed by atoms with Crippen LogP contribution in [-0.2, 0) is 0 Å². The van der Waals surface area contributed by atoms with Crippen LogP contribution in [0.5, 0.6) is 11.5 Å². The van der Waals surface area contributed by atoms with Gasteiger partial charge in [0.05, 0.1) is 31.7 Å². The Morgan fingerprint density at radius 2 is 1.80 bits per heavy atom. The molecule has 1 fully saturated rings. The first-order valence-corrected chi connectivity index (χ1v) is 9.91. The number of carbonyl (C=O) groups is 1. The molecule has 1 aliphatic rings. The Labute approximate surface area is 174 Å². The number of ether oxygens (including phenoxy) is 2. The van der Waals surface area contributed by atoms with Crippen LogP contribution in [0, 0.1) is 5.82 Å². The van der Waals surface area contributed by atoms with Crippen molar-refractivity contribution in [2.45, 2.75) is 18.8 Å². The maximum Gasteiger partial charge on any atom is 0.257 e. The first-order chi connectivity index (χ1) is 14.6. The number of carbonyl (C=O) groups excluding carboxylic acids is 1. The minimum atomic E-state index is -0.268. The van der Waals surface area contributed by atoms with E-state index in [0.717, 1.165) is 24.1 Å². The summed E-state index contributed by atoms with van der Waals surface area (Å²) in [6.07, 6.45) is 5.55. The summed E-state index contributed by atoms with van der Waals surface area (Å²) in [5.41, 5.74) is 2.46. The number of methoxy groups -OCH3 is 2. The minimum Gasteiger partial charge on any atom is -0.493 e. The molecule has 2 heterocycles. The third-order valence-electron chi connectivity index (χ3n) is 5.58. The van der Waals surface area contributed by atoms with E-state index in [2.05, 4.69) is 5.10 Å². The van der Waals surface area contributed by atoms with Gasteiger partial charge in [-0.15, -0.1) is 0 Å². The van der Waals surface area contributed by atoms with E-state index in [1.54, 1.807) is 49.2 Å². The van der Waals surface area contributed by atoms with Gasteiger partial charge in [0.15, 0.2) is 11.5 Å². The molecule has 156 valence electrons. The van der Waals surface area contributed by atoms with Gasteiger partial charge in [-0.25, -0.2) is 9.07 Å². The predicted octanol–water partition coefficient (Wildman–Crippen LogP) is 4.05. The molecule has 1 saturated heterocycles. The van der Waals surface area contributed by atoms with Crippen LogP contribution in [0.15, 0.2) is 54.9 Å². The third-order valence-corrected chi connectivity index (χ3v) is 5.58. The van der Waals surface area contributed by atoms with E-state index >= 15 is 0 Å². The van der Waals surface area contributed by atoms with Crippen LogP contribution in [0.2, 0.25) is 0 Å². The fourth-order valence-corrected chi connectivity index (χ4v) is 3.92. The number of benzene rings is 2. The molecule has 7 heteroatoms. The summed E-state index contributed by atoms with van der Waals surface area (Å²) in [6, 6.07) is 11.6. The molecular weight excluding hydrogens is 385 g/mol. The first kappa shape index (κ1) is 19.9. The van der Waals surface area contributed by atoms with E-state index in [1.165, 1.54) is 12.1 Å². The van der Waals surface area contributed by atoms with Crippen molar-refractivity contribution in [3.63, 3.8) is 0 Å². The second-order valence-corrected chi connectivity index (χ2v) is 7.30. The monoisotopic (exact) mass is 409 g/mol. The molecular formula is C23H24FN3O3. The number of hydrogen-bond acceptors (Lipinski definition) is 4. The number of para-hydroxylation sites is 1. The Bertz CT molecular complexity index is 1020. The quantitative estimate of drug-likeness (QED) is 0.638. The van der Waals surface area contributed by atoms with Crippen molar-refractivity contribution >= 4 is 5.91 Å². The zero-order valence-corrected chi connectivity index (χ0v) is 17.0. The molecule has 3 aromatic rings. The average molecular weight is 409 g/mol. The first-order valence-electron chi connectivity index (χ1n) is 9.91. The molecule has 0 bridgehead atoms. The summed E-state index contributed by atoms with van der Waals surface area (Å²) in [5.74, 6) is 1.02. The molecule has 1 aliphatic heterocycles. The standard InChI is InChI=1S/C23H24FN3O3/c1-29-21-5-3-4-20(22(21)30-2)23(28)26-12-10-16(11-13-26)17-14-25-27(15-17)19-8-6-18(24)7-9-19/h3-9,14-16H,10-13H2,1-2H3. The zero-order chi connectivity index (χ0) is 21.1. The van der Waals surface area contributed by atoms with Crippen LogP contribution in [0.4, 0.5) is 4.39 Å². The second kappa shape index (κ2) is 8.57. The molecule has 1 amide bonds. The lowest BCUT2D eigenvalue weighted by atomic mass is 9.91. The maximum absolute atomic E-state index is 13.1. The van der Waals surface area contributed by atoms with E-state index in [9.17, 15) is 9.18 Å². The maximum atomic E-state index is 13.1. The summed E-state index contributed by atoms with van der Waals surface area (Å²) in [4.78, 5) is 14.9. The number of likely N-dealkylation sites (tertiary alicyclic amines) is 1. The van der Waals surface area contributed by atoms with Crippen molar-refractivity contribution in [2.24, 2.45) is 0 Å². The topological polar surface area (TPSA) is 56.6 Å². The van der Waals surface area contributed by atoms with Gasteiger partial charge in [0.25, 0.3) is 5.91 Å². The van der Waals surface area contributed by atoms with Crippen LogP contribution >= 0.6 is 0 Å². The lowest BCUT2D eigenvalue weighted by Gasteiger charge is -2.32. The minimum absolute atomic E-state index is 0.0498. The smallest absolute Gasteiger partial charge is 0.257 e. The Balaban J connectivity index is 1.43. The van der Waals surface area contributed by atoms with Crippen molar-refractivity contribution < 1.29 is 18.7 Å². The molecule has 1 aromatic heterocycles. The van der Waals surface area contributed by atoms with Crippen LogP contribution in [0.1, 0.15) is 34.7 Å². The van der Waals surface area contributed by atoms with Crippen molar-refractivity contribution in [3.8, 4) is 17.2 Å². The van der Waals surface area contributed by atoms with Crippen LogP contribution in [-0.4, -0.2) is 47.9 Å². The Morgan fingerprint density at radius 3 is 2.47 bits per heavy atom. The van der Waals surface area contributed by atoms with Crippen LogP contribution in [0.25, 0.3) is 5.69 Å². The number of halogens is 1. The highest BCUT2D eigenvalue weighted by molar-refractivity contribution is 5.97. The van der Waals surface area contributed by atoms with E-state index in [1.807, 2.05) is 17.3 Å². The van der Waals surface area contributed by atoms with Crippen LogP contribution in [0.3, 0.4) is 0 Å². The number of rotatable bonds is 5. The highest BCUT2D eigenvalue weighted by Gasteiger charge is 2.27. The average Bonchev–Trinajstić information content (AvgIpc) is 3.29. The van der Waals surface area contributed by atoms with Crippen molar-refractivity contribution in [1.29, 1.82) is 0 Å². The van der Waals surface area contributed by atoms with Crippen LogP contribution < -0.4 is 9.47 Å². The Kier molecular flexibility index (Phi) is 5.70. The van der Waals surface area contributed by atoms with Gasteiger partial charge < -0.3 is 14.4 Å². The van der Waals surface area contributed by atoms with Crippen molar-refractivity contribution in [3.05, 3.63) is 71.8 Å². The fourth-order valence-electron chi connectivity index (χ4n) is 3.92. The molecule has 0 N–H and O–H groups in total. The second-order valence-electron chi connectivity index (χ2n) is 7.30. The lowest BCUT2D eigenvalue weighted by molar-refractivity contribution is 0.0709. The molecule has 0 unspecified atom stereocenters. The molecule has 4 rings (SSSR count). The summed E-state index contributed by atoms with van der Waals surface area (Å²) < 4.78 is 25.6. The van der Waals surface area contributed by atoms with Gasteiger partial charge in [-0.3, -0.25) is 4.79 Å². The summed E-state index contributed by atoms with van der Waals surface area (Å²) in [7, 11) is 3.10. The highest BCUT2D eigenvalue weighted by atomic mass is 19.1. The largest absolute Gasteiger partial charge is 0.493 e. The Morgan fingerprint density at radius 1 is 1.07 bits per heavy atom. The normalized spacial score (nSPS) is 14.6. The predicted molar refractivity (Wildman–Crippen MR) is 111 cm³/mol. The molecule has 6 nitrogen and oxygen atoms in total. The molecule has 0 radical (unpaired) electrons. The lowest BCUT2D eigenvalue weighted by Crippen LogP contribution is -2.38. The number of hydrogen-bond donors (Lipinski definition) is 0. The van der Waals surface area contributed by atoms with E-state index in [0.29, 0.717) is 36.1 Å². The number of nitrogens with zero attached hydrogens (tertiary/aromatic N) is 3. The van der Waals surface area contributed by atoms with Gasteiger partial charge >= 0.3 is 0 Å². The van der Waals surface area contributed by atoms with Gasteiger partial charge in [-0.1, -0.05) is 6.07 Å². The number of piperidine rings is 1. The van der Waals surface area contributed by atoms with E-state index < -0.39 is 0 Å². The fraction of sp³-hybridized carbons (Fsp3) is 0.304. The summed E-state index contributed by atoms with van der Waals surface area (Å²) >= 11 is 0. The van der Waals surface area contributed by atoms with Crippen molar-refractivity contribution in [1.82, 2.24) is 14.7 Å². The van der Waals surface area contributed by atoms with E-state index in [4.69, 9.17) is 9.47 Å². The van der Waals surface area contributed by atoms with Gasteiger partial charge in [-0.05, 0) is 60.7 Å². The highest BCUT2D eigenvalue weighted by Crippen LogP contribution is 2.34. The summed E-state index contributed by atoms with van der Waals surface area (Å²) in [5, 5.41) is 4.42. The van der Waals surface area contributed by atoms with Gasteiger partial charge in [-0.2, -0.15) is 5.10 Å². The SMILES string of the molecule is COc1cccc(C(=O)N2CCC(c3cnn(-c4ccc(F)cc4)c3)CC2)c1OC. The molecule has 0 aliphatic carbocycles. The molecule has 30 heavy (non-hydrogen) atoms. The molecule has 0 saturated carbocycles. The Hall–Kier alpha value is -3.35. The summed E-state index contributed by atoms with van der Waals surface area (Å²) in [6.45, 7) is 1.32. The number of amides is 1. The zero-order valence-electron chi connectivity index (χ0n) is 17.0. The van der Waals surface area contributed by atoms with Gasteiger partial charge in [0.1, 0.15) is 5.82 Å². The van der Waals surface area contributed by atoms with Gasteiger partial charge in [0, 0.05) is 19.3 Å².